The number of rotatable bonds is 1. The van der Waals surface area contributed by atoms with Gasteiger partial charge in [0.1, 0.15) is 0 Å². The highest BCUT2D eigenvalue weighted by Gasteiger charge is 1.76. The Labute approximate surface area is 53.8 Å². The van der Waals surface area contributed by atoms with Crippen LogP contribution in [0.3, 0.4) is 0 Å². The molecule has 0 aliphatic rings. The molecule has 0 spiro atoms. The van der Waals surface area contributed by atoms with Gasteiger partial charge in [0.25, 0.3) is 0 Å². The number of hydrogen-bond donors (Lipinski definition) is 0. The minimum Gasteiger partial charge on any atom is -0.545 e. The van der Waals surface area contributed by atoms with E-state index >= 15 is 0 Å². The molecule has 0 heterocycles. The quantitative estimate of drug-likeness (QED) is 0.380. The molecule has 0 saturated heterocycles. The maximum Gasteiger partial charge on any atom is 0.0666 e. The van der Waals surface area contributed by atoms with Crippen molar-refractivity contribution in [2.45, 2.75) is 6.92 Å². The van der Waals surface area contributed by atoms with Gasteiger partial charge in [0.2, 0.25) is 0 Å². The SMILES string of the molecule is C=C(C)C(=O)[O-].CCl. The van der Waals surface area contributed by atoms with Crippen LogP contribution in [0.1, 0.15) is 6.92 Å². The Balaban J connectivity index is 0. The fourth-order valence-electron chi connectivity index (χ4n) is 0. The molecule has 0 radical (unpaired) electrons. The normalized spacial score (nSPS) is 6.38. The number of carboxylic acids is 1. The Kier molecular flexibility index (Phi) is 8.51. The summed E-state index contributed by atoms with van der Waals surface area (Å²) in [5.41, 5.74) is 0.0648. The Morgan fingerprint density at radius 2 is 1.75 bits per heavy atom. The summed E-state index contributed by atoms with van der Waals surface area (Å²) in [6.07, 6.45) is 1.47. The van der Waals surface area contributed by atoms with Crippen LogP contribution in [0.15, 0.2) is 12.2 Å². The fourth-order valence-corrected chi connectivity index (χ4v) is 0. The Hall–Kier alpha value is -0.500. The van der Waals surface area contributed by atoms with Gasteiger partial charge in [-0.2, -0.15) is 0 Å². The van der Waals surface area contributed by atoms with Crippen LogP contribution in [-0.4, -0.2) is 12.4 Å². The first kappa shape index (κ1) is 10.5. The van der Waals surface area contributed by atoms with Gasteiger partial charge in [-0.15, -0.1) is 11.6 Å². The molecule has 0 aromatic carbocycles. The van der Waals surface area contributed by atoms with E-state index in [1.165, 1.54) is 13.3 Å². The zero-order chi connectivity index (χ0) is 7.15. The summed E-state index contributed by atoms with van der Waals surface area (Å²) in [5.74, 6) is -1.19. The van der Waals surface area contributed by atoms with Crippen LogP contribution in [-0.2, 0) is 4.79 Å². The molecule has 3 heteroatoms. The zero-order valence-electron chi connectivity index (χ0n) is 4.90. The fraction of sp³-hybridized carbons (Fsp3) is 0.400. The second-order valence-corrected chi connectivity index (χ2v) is 1.07. The lowest BCUT2D eigenvalue weighted by atomic mass is 10.4. The van der Waals surface area contributed by atoms with Gasteiger partial charge in [0.15, 0.2) is 0 Å². The monoisotopic (exact) mass is 135 g/mol. The van der Waals surface area contributed by atoms with Crippen LogP contribution < -0.4 is 5.11 Å². The molecule has 0 saturated carbocycles. The molecule has 0 fully saturated rings. The molecule has 8 heavy (non-hydrogen) atoms. The Morgan fingerprint density at radius 1 is 1.62 bits per heavy atom. The third-order valence-electron chi connectivity index (χ3n) is 0.348. The molecule has 48 valence electrons. The van der Waals surface area contributed by atoms with Crippen LogP contribution in [0.4, 0.5) is 0 Å². The standard InChI is InChI=1S/C4H6O2.CH3Cl/c1-3(2)4(5)6;1-2/h1H2,2H3,(H,5,6);1H3/p-1. The molecule has 2 nitrogen and oxygen atoms in total. The molecule has 0 aliphatic carbocycles. The molecular formula is C5H8ClO2-. The van der Waals surface area contributed by atoms with Crippen molar-refractivity contribution >= 4 is 17.6 Å². The number of alkyl halides is 1. The molecular weight excluding hydrogens is 128 g/mol. The zero-order valence-corrected chi connectivity index (χ0v) is 5.66. The Bertz CT molecular complexity index is 76.4. The van der Waals surface area contributed by atoms with Crippen LogP contribution >= 0.6 is 11.6 Å². The predicted molar refractivity (Wildman–Crippen MR) is 31.6 cm³/mol. The molecule has 0 atom stereocenters. The first-order chi connectivity index (χ1) is 3.64. The topological polar surface area (TPSA) is 40.1 Å². The van der Waals surface area contributed by atoms with E-state index in [0.29, 0.717) is 0 Å². The summed E-state index contributed by atoms with van der Waals surface area (Å²) < 4.78 is 0. The van der Waals surface area contributed by atoms with Gasteiger partial charge in [0, 0.05) is 6.38 Å². The molecule has 0 aromatic heterocycles. The minimum atomic E-state index is -1.19. The summed E-state index contributed by atoms with van der Waals surface area (Å²) in [7, 11) is 0. The molecule has 0 amide bonds. The third kappa shape index (κ3) is 9.09. The molecule has 0 aromatic rings. The Morgan fingerprint density at radius 3 is 1.75 bits per heavy atom. The second kappa shape index (κ2) is 6.50. The van der Waals surface area contributed by atoms with Crippen molar-refractivity contribution in [2.24, 2.45) is 0 Å². The summed E-state index contributed by atoms with van der Waals surface area (Å²) >= 11 is 4.64. The summed E-state index contributed by atoms with van der Waals surface area (Å²) in [6.45, 7) is 4.48. The summed E-state index contributed by atoms with van der Waals surface area (Å²) in [4.78, 5) is 9.49. The van der Waals surface area contributed by atoms with Crippen molar-refractivity contribution in [3.8, 4) is 0 Å². The molecule has 0 aliphatic heterocycles. The average Bonchev–Trinajstić information content (AvgIpc) is 1.72. The van der Waals surface area contributed by atoms with Crippen molar-refractivity contribution in [1.29, 1.82) is 0 Å². The van der Waals surface area contributed by atoms with E-state index in [0.717, 1.165) is 0 Å². The van der Waals surface area contributed by atoms with Crippen LogP contribution in [0.2, 0.25) is 0 Å². The molecule has 0 N–H and O–H groups in total. The second-order valence-electron chi connectivity index (χ2n) is 1.07. The largest absolute Gasteiger partial charge is 0.545 e. The number of halogens is 1. The van der Waals surface area contributed by atoms with Crippen molar-refractivity contribution in [3.05, 3.63) is 12.2 Å². The lowest BCUT2D eigenvalue weighted by molar-refractivity contribution is -0.299. The van der Waals surface area contributed by atoms with Gasteiger partial charge in [-0.25, -0.2) is 0 Å². The van der Waals surface area contributed by atoms with Gasteiger partial charge in [0.05, 0.1) is 5.97 Å². The highest BCUT2D eigenvalue weighted by atomic mass is 35.5. The van der Waals surface area contributed by atoms with Gasteiger partial charge >= 0.3 is 0 Å². The van der Waals surface area contributed by atoms with Crippen molar-refractivity contribution in [2.75, 3.05) is 6.38 Å². The van der Waals surface area contributed by atoms with E-state index in [9.17, 15) is 9.90 Å². The number of hydrogen-bond acceptors (Lipinski definition) is 2. The van der Waals surface area contributed by atoms with E-state index in [-0.39, 0.29) is 5.57 Å². The smallest absolute Gasteiger partial charge is 0.0666 e. The van der Waals surface area contributed by atoms with Crippen molar-refractivity contribution in [3.63, 3.8) is 0 Å². The van der Waals surface area contributed by atoms with Crippen molar-refractivity contribution in [1.82, 2.24) is 0 Å². The van der Waals surface area contributed by atoms with E-state index in [2.05, 4.69) is 18.2 Å². The van der Waals surface area contributed by atoms with Crippen LogP contribution in [0.25, 0.3) is 0 Å². The lowest BCUT2D eigenvalue weighted by Crippen LogP contribution is -2.22. The number of carbonyl (C=O) groups excluding carboxylic acids is 1. The van der Waals surface area contributed by atoms with Crippen molar-refractivity contribution < 1.29 is 9.90 Å². The van der Waals surface area contributed by atoms with E-state index in [1.807, 2.05) is 0 Å². The van der Waals surface area contributed by atoms with E-state index in [1.54, 1.807) is 0 Å². The van der Waals surface area contributed by atoms with Crippen LogP contribution in [0, 0.1) is 0 Å². The van der Waals surface area contributed by atoms with Gasteiger partial charge in [-0.3, -0.25) is 0 Å². The van der Waals surface area contributed by atoms with E-state index < -0.39 is 5.97 Å². The third-order valence-corrected chi connectivity index (χ3v) is 0.348. The van der Waals surface area contributed by atoms with Gasteiger partial charge in [-0.1, -0.05) is 6.58 Å². The number of carboxylic acid groups (broad SMARTS) is 1. The molecule has 0 bridgehead atoms. The van der Waals surface area contributed by atoms with Crippen LogP contribution in [0.5, 0.6) is 0 Å². The summed E-state index contributed by atoms with van der Waals surface area (Å²) in [6, 6.07) is 0. The van der Waals surface area contributed by atoms with Gasteiger partial charge < -0.3 is 9.90 Å². The lowest BCUT2D eigenvalue weighted by Gasteiger charge is -1.93. The first-order valence-corrected chi connectivity index (χ1v) is 2.65. The molecule has 0 rings (SSSR count). The maximum atomic E-state index is 9.49. The average molecular weight is 136 g/mol. The summed E-state index contributed by atoms with van der Waals surface area (Å²) in [5, 5.41) is 9.49. The minimum absolute atomic E-state index is 0.0648. The first-order valence-electron chi connectivity index (χ1n) is 1.89. The maximum absolute atomic E-state index is 9.49. The number of carbonyl (C=O) groups is 1. The molecule has 0 unspecified atom stereocenters. The van der Waals surface area contributed by atoms with Gasteiger partial charge in [-0.05, 0) is 12.5 Å². The number of aliphatic carboxylic acids is 1. The highest BCUT2D eigenvalue weighted by molar-refractivity contribution is 6.15. The predicted octanol–water partition coefficient (Wildman–Crippen LogP) is 0.167. The van der Waals surface area contributed by atoms with E-state index in [4.69, 9.17) is 0 Å². The highest BCUT2D eigenvalue weighted by Crippen LogP contribution is 1.77.